The Morgan fingerprint density at radius 2 is 2.46 bits per heavy atom. The van der Waals surface area contributed by atoms with Crippen molar-refractivity contribution in [3.63, 3.8) is 0 Å². The van der Waals surface area contributed by atoms with Gasteiger partial charge in [-0.1, -0.05) is 6.92 Å². The van der Waals surface area contributed by atoms with Crippen LogP contribution in [0.4, 0.5) is 0 Å². The van der Waals surface area contributed by atoms with Gasteiger partial charge >= 0.3 is 0 Å². The maximum atomic E-state index is 11.5. The van der Waals surface area contributed by atoms with E-state index in [9.17, 15) is 4.79 Å². The van der Waals surface area contributed by atoms with Crippen molar-refractivity contribution in [2.75, 3.05) is 13.2 Å². The maximum Gasteiger partial charge on any atom is 0.237 e. The summed E-state index contributed by atoms with van der Waals surface area (Å²) in [6, 6.07) is -0.226. The fourth-order valence-electron chi connectivity index (χ4n) is 1.56. The number of carbonyl (C=O) groups excluding carboxylic acids is 1. The van der Waals surface area contributed by atoms with Crippen molar-refractivity contribution in [2.45, 2.75) is 32.4 Å². The molecule has 76 valence electrons. The number of hydrogen-bond donors (Lipinski definition) is 3. The molecular weight excluding hydrogens is 168 g/mol. The minimum absolute atomic E-state index is 0.00606. The molecule has 0 bridgehead atoms. The predicted molar refractivity (Wildman–Crippen MR) is 50.3 cm³/mol. The molecule has 0 aromatic heterocycles. The second-order valence-electron chi connectivity index (χ2n) is 3.79. The van der Waals surface area contributed by atoms with Gasteiger partial charge in [0.25, 0.3) is 0 Å². The quantitative estimate of drug-likeness (QED) is 0.556. The Balaban J connectivity index is 2.38. The zero-order valence-electron chi connectivity index (χ0n) is 8.21. The molecule has 1 amide bonds. The first-order valence-electron chi connectivity index (χ1n) is 4.79. The van der Waals surface area contributed by atoms with Crippen LogP contribution < -0.4 is 10.6 Å². The maximum absolute atomic E-state index is 11.5. The molecule has 1 saturated heterocycles. The molecule has 1 aliphatic rings. The Hall–Kier alpha value is -0.610. The molecule has 1 rings (SSSR count). The number of aliphatic hydroxyl groups excluding tert-OH is 1. The minimum Gasteiger partial charge on any atom is -0.394 e. The van der Waals surface area contributed by atoms with E-state index in [-0.39, 0.29) is 24.6 Å². The van der Waals surface area contributed by atoms with Crippen LogP contribution in [0.2, 0.25) is 0 Å². The summed E-state index contributed by atoms with van der Waals surface area (Å²) in [6.45, 7) is 4.75. The monoisotopic (exact) mass is 186 g/mol. The molecule has 4 nitrogen and oxygen atoms in total. The molecule has 13 heavy (non-hydrogen) atoms. The molecule has 0 aliphatic carbocycles. The first-order chi connectivity index (χ1) is 6.15. The highest BCUT2D eigenvalue weighted by Gasteiger charge is 2.29. The molecule has 3 atom stereocenters. The summed E-state index contributed by atoms with van der Waals surface area (Å²) in [5.41, 5.74) is 0. The van der Waals surface area contributed by atoms with Gasteiger partial charge in [0.2, 0.25) is 5.91 Å². The molecule has 2 unspecified atom stereocenters. The van der Waals surface area contributed by atoms with Gasteiger partial charge in [-0.15, -0.1) is 0 Å². The van der Waals surface area contributed by atoms with Crippen LogP contribution >= 0.6 is 0 Å². The van der Waals surface area contributed by atoms with Crippen molar-refractivity contribution in [1.29, 1.82) is 0 Å². The summed E-state index contributed by atoms with van der Waals surface area (Å²) in [4.78, 5) is 11.5. The third-order valence-corrected chi connectivity index (χ3v) is 2.48. The van der Waals surface area contributed by atoms with E-state index < -0.39 is 0 Å². The first-order valence-corrected chi connectivity index (χ1v) is 4.79. The molecule has 0 aromatic rings. The van der Waals surface area contributed by atoms with E-state index in [2.05, 4.69) is 17.6 Å². The number of carbonyl (C=O) groups is 1. The summed E-state index contributed by atoms with van der Waals surface area (Å²) in [5.74, 6) is 0.400. The molecule has 3 N–H and O–H groups in total. The van der Waals surface area contributed by atoms with Gasteiger partial charge in [-0.2, -0.15) is 0 Å². The fourth-order valence-corrected chi connectivity index (χ4v) is 1.56. The normalized spacial score (nSPS) is 30.1. The van der Waals surface area contributed by atoms with E-state index in [0.29, 0.717) is 5.92 Å². The molecule has 0 aromatic carbocycles. The van der Waals surface area contributed by atoms with E-state index >= 15 is 0 Å². The molecule has 0 radical (unpaired) electrons. The zero-order chi connectivity index (χ0) is 9.84. The number of hydrogen-bond acceptors (Lipinski definition) is 3. The van der Waals surface area contributed by atoms with Crippen LogP contribution in [-0.2, 0) is 4.79 Å². The summed E-state index contributed by atoms with van der Waals surface area (Å²) < 4.78 is 0. The number of nitrogens with one attached hydrogen (secondary N) is 2. The van der Waals surface area contributed by atoms with Gasteiger partial charge in [0.15, 0.2) is 0 Å². The highest BCUT2D eigenvalue weighted by Crippen LogP contribution is 2.14. The lowest BCUT2D eigenvalue weighted by atomic mass is 10.0. The van der Waals surface area contributed by atoms with Crippen LogP contribution in [0.5, 0.6) is 0 Å². The Labute approximate surface area is 78.7 Å². The topological polar surface area (TPSA) is 61.4 Å². The average molecular weight is 186 g/mol. The molecule has 0 saturated carbocycles. The Kier molecular flexibility index (Phi) is 3.69. The van der Waals surface area contributed by atoms with Gasteiger partial charge in [-0.05, 0) is 25.8 Å². The summed E-state index contributed by atoms with van der Waals surface area (Å²) in [5, 5.41) is 14.6. The SMILES string of the molecule is CC1CCNC1C(=O)N[C@H](C)CO. The molecule has 1 heterocycles. The van der Waals surface area contributed by atoms with Crippen LogP contribution in [0.15, 0.2) is 0 Å². The summed E-state index contributed by atoms with van der Waals surface area (Å²) >= 11 is 0. The predicted octanol–water partition coefficient (Wildman–Crippen LogP) is -0.519. The lowest BCUT2D eigenvalue weighted by Crippen LogP contribution is -2.47. The van der Waals surface area contributed by atoms with Crippen molar-refractivity contribution in [3.05, 3.63) is 0 Å². The Bertz CT molecular complexity index is 184. The first kappa shape index (κ1) is 10.5. The van der Waals surface area contributed by atoms with Crippen LogP contribution in [0, 0.1) is 5.92 Å². The minimum atomic E-state index is -0.151. The Morgan fingerprint density at radius 3 is 2.92 bits per heavy atom. The lowest BCUT2D eigenvalue weighted by molar-refractivity contribution is -0.124. The van der Waals surface area contributed by atoms with Crippen LogP contribution in [0.3, 0.4) is 0 Å². The van der Waals surface area contributed by atoms with Crippen molar-refractivity contribution < 1.29 is 9.90 Å². The van der Waals surface area contributed by atoms with Crippen LogP contribution in [0.1, 0.15) is 20.3 Å². The number of amides is 1. The van der Waals surface area contributed by atoms with Crippen LogP contribution in [0.25, 0.3) is 0 Å². The van der Waals surface area contributed by atoms with Gasteiger partial charge in [-0.25, -0.2) is 0 Å². The van der Waals surface area contributed by atoms with Gasteiger partial charge in [-0.3, -0.25) is 4.79 Å². The molecule has 1 aliphatic heterocycles. The van der Waals surface area contributed by atoms with Crippen molar-refractivity contribution in [1.82, 2.24) is 10.6 Å². The summed E-state index contributed by atoms with van der Waals surface area (Å²) in [6.07, 6.45) is 1.05. The van der Waals surface area contributed by atoms with E-state index in [1.54, 1.807) is 6.92 Å². The third-order valence-electron chi connectivity index (χ3n) is 2.48. The number of rotatable bonds is 3. The lowest BCUT2D eigenvalue weighted by Gasteiger charge is -2.18. The Morgan fingerprint density at radius 1 is 1.77 bits per heavy atom. The van der Waals surface area contributed by atoms with Gasteiger partial charge in [0.1, 0.15) is 0 Å². The average Bonchev–Trinajstić information content (AvgIpc) is 2.51. The van der Waals surface area contributed by atoms with Gasteiger partial charge < -0.3 is 15.7 Å². The van der Waals surface area contributed by atoms with Crippen molar-refractivity contribution in [2.24, 2.45) is 5.92 Å². The van der Waals surface area contributed by atoms with Gasteiger partial charge in [0.05, 0.1) is 12.6 Å². The highest BCUT2D eigenvalue weighted by molar-refractivity contribution is 5.82. The molecule has 0 spiro atoms. The zero-order valence-corrected chi connectivity index (χ0v) is 8.21. The van der Waals surface area contributed by atoms with Crippen molar-refractivity contribution >= 4 is 5.91 Å². The van der Waals surface area contributed by atoms with E-state index in [4.69, 9.17) is 5.11 Å². The fraction of sp³-hybridized carbons (Fsp3) is 0.889. The highest BCUT2D eigenvalue weighted by atomic mass is 16.3. The third kappa shape index (κ3) is 2.67. The largest absolute Gasteiger partial charge is 0.394 e. The number of aliphatic hydroxyl groups is 1. The van der Waals surface area contributed by atoms with Gasteiger partial charge in [0, 0.05) is 6.04 Å². The smallest absolute Gasteiger partial charge is 0.237 e. The molecule has 1 fully saturated rings. The van der Waals surface area contributed by atoms with E-state index in [1.807, 2.05) is 0 Å². The second-order valence-corrected chi connectivity index (χ2v) is 3.79. The second kappa shape index (κ2) is 4.58. The standard InChI is InChI=1S/C9H18N2O2/c1-6-3-4-10-8(6)9(13)11-7(2)5-12/h6-8,10,12H,3-5H2,1-2H3,(H,11,13)/t6?,7-,8?/m1/s1. The molecule has 4 heteroatoms. The van der Waals surface area contributed by atoms with E-state index in [0.717, 1.165) is 13.0 Å². The van der Waals surface area contributed by atoms with E-state index in [1.165, 1.54) is 0 Å². The summed E-state index contributed by atoms with van der Waals surface area (Å²) in [7, 11) is 0. The van der Waals surface area contributed by atoms with Crippen molar-refractivity contribution in [3.8, 4) is 0 Å². The van der Waals surface area contributed by atoms with Crippen LogP contribution in [-0.4, -0.2) is 36.2 Å². The molecular formula is C9H18N2O2.